The van der Waals surface area contributed by atoms with Crippen LogP contribution in [-0.2, 0) is 9.59 Å². The second-order valence-corrected chi connectivity index (χ2v) is 8.29. The number of rotatable bonds is 4. The summed E-state index contributed by atoms with van der Waals surface area (Å²) in [6, 6.07) is 14.3. The van der Waals surface area contributed by atoms with Gasteiger partial charge in [-0.3, -0.25) is 9.59 Å². The van der Waals surface area contributed by atoms with Crippen molar-refractivity contribution < 1.29 is 14.7 Å². The van der Waals surface area contributed by atoms with Crippen molar-refractivity contribution in [2.75, 3.05) is 5.32 Å². The van der Waals surface area contributed by atoms with E-state index in [1.807, 2.05) is 35.7 Å². The number of carboxylic acids is 1. The van der Waals surface area contributed by atoms with Crippen molar-refractivity contribution in [1.29, 1.82) is 0 Å². The van der Waals surface area contributed by atoms with Crippen molar-refractivity contribution in [2.24, 2.45) is 23.7 Å². The van der Waals surface area contributed by atoms with Crippen LogP contribution >= 0.6 is 11.3 Å². The number of carbonyl (C=O) groups excluding carboxylic acids is 1. The summed E-state index contributed by atoms with van der Waals surface area (Å²) in [6.07, 6.45) is 4.67. The Balaban J connectivity index is 1.37. The summed E-state index contributed by atoms with van der Waals surface area (Å²) in [5.41, 5.74) is 1.79. The summed E-state index contributed by atoms with van der Waals surface area (Å²) in [7, 11) is 0. The van der Waals surface area contributed by atoms with Crippen LogP contribution in [0.3, 0.4) is 0 Å². The van der Waals surface area contributed by atoms with Gasteiger partial charge in [0.25, 0.3) is 0 Å². The van der Waals surface area contributed by atoms with Crippen molar-refractivity contribution in [1.82, 2.24) is 4.98 Å². The van der Waals surface area contributed by atoms with E-state index in [1.54, 1.807) is 0 Å². The van der Waals surface area contributed by atoms with Gasteiger partial charge in [0.1, 0.15) is 0 Å². The van der Waals surface area contributed by atoms with Crippen LogP contribution in [0.25, 0.3) is 22.0 Å². The van der Waals surface area contributed by atoms with Gasteiger partial charge in [-0.15, -0.1) is 11.3 Å². The molecular formula is C22H18N2O3S. The summed E-state index contributed by atoms with van der Waals surface area (Å²) in [5, 5.41) is 17.1. The maximum Gasteiger partial charge on any atom is 0.307 e. The maximum absolute atomic E-state index is 12.8. The molecule has 5 nitrogen and oxygen atoms in total. The van der Waals surface area contributed by atoms with Crippen LogP contribution in [0.4, 0.5) is 5.13 Å². The summed E-state index contributed by atoms with van der Waals surface area (Å²) in [6.45, 7) is 0. The number of aliphatic carboxylic acids is 1. The van der Waals surface area contributed by atoms with Gasteiger partial charge in [0.2, 0.25) is 5.91 Å². The Hall–Kier alpha value is -2.99. The predicted molar refractivity (Wildman–Crippen MR) is 109 cm³/mol. The number of nitrogens with zero attached hydrogens (tertiary/aromatic N) is 1. The minimum Gasteiger partial charge on any atom is -0.481 e. The van der Waals surface area contributed by atoms with Crippen LogP contribution in [0.15, 0.2) is 60.0 Å². The smallest absolute Gasteiger partial charge is 0.307 e. The number of hydrogen-bond donors (Lipinski definition) is 2. The number of fused-ring (bicyclic) bond motifs is 3. The average Bonchev–Trinajstić information content (AvgIpc) is 3.43. The second kappa shape index (κ2) is 6.56. The molecule has 4 atom stereocenters. The van der Waals surface area contributed by atoms with Crippen LogP contribution in [0, 0.1) is 23.7 Å². The Morgan fingerprint density at radius 1 is 1.04 bits per heavy atom. The lowest BCUT2D eigenvalue weighted by molar-refractivity contribution is -0.146. The van der Waals surface area contributed by atoms with Crippen LogP contribution in [-0.4, -0.2) is 22.0 Å². The van der Waals surface area contributed by atoms with Gasteiger partial charge in [0.15, 0.2) is 5.13 Å². The molecule has 140 valence electrons. The Labute approximate surface area is 165 Å². The second-order valence-electron chi connectivity index (χ2n) is 7.43. The molecule has 6 heteroatoms. The number of amides is 1. The van der Waals surface area contributed by atoms with Gasteiger partial charge in [-0.1, -0.05) is 48.6 Å². The third-order valence-electron chi connectivity index (χ3n) is 5.83. The number of carbonyl (C=O) groups is 2. The zero-order chi connectivity index (χ0) is 19.3. The first-order valence-corrected chi connectivity index (χ1v) is 10.1. The van der Waals surface area contributed by atoms with E-state index in [0.29, 0.717) is 5.13 Å². The molecule has 2 aliphatic rings. The lowest BCUT2D eigenvalue weighted by Gasteiger charge is -2.23. The minimum atomic E-state index is -0.895. The lowest BCUT2D eigenvalue weighted by Crippen LogP contribution is -2.36. The molecule has 1 amide bonds. The highest BCUT2D eigenvalue weighted by Gasteiger charge is 2.51. The number of aromatic nitrogens is 1. The highest BCUT2D eigenvalue weighted by atomic mass is 32.1. The molecule has 5 rings (SSSR count). The maximum atomic E-state index is 12.8. The summed E-state index contributed by atoms with van der Waals surface area (Å²) in [5.74, 6) is -2.35. The number of anilines is 1. The fraction of sp³-hybridized carbons (Fsp3) is 0.227. The number of nitrogens with one attached hydrogen (secondary N) is 1. The third-order valence-corrected chi connectivity index (χ3v) is 6.58. The highest BCUT2D eigenvalue weighted by molar-refractivity contribution is 7.14. The Morgan fingerprint density at radius 2 is 1.79 bits per heavy atom. The van der Waals surface area contributed by atoms with Crippen LogP contribution in [0.1, 0.15) is 6.42 Å². The summed E-state index contributed by atoms with van der Waals surface area (Å²) < 4.78 is 0. The molecule has 0 saturated heterocycles. The predicted octanol–water partition coefficient (Wildman–Crippen LogP) is 4.42. The molecule has 2 N–H and O–H groups in total. The van der Waals surface area contributed by atoms with Crippen molar-refractivity contribution in [2.45, 2.75) is 6.42 Å². The molecule has 1 aromatic heterocycles. The first-order chi connectivity index (χ1) is 13.6. The largest absolute Gasteiger partial charge is 0.481 e. The fourth-order valence-electron chi connectivity index (χ4n) is 4.52. The van der Waals surface area contributed by atoms with Gasteiger partial charge in [0.05, 0.1) is 17.5 Å². The minimum absolute atomic E-state index is 0.00557. The van der Waals surface area contributed by atoms with E-state index in [2.05, 4.69) is 34.6 Å². The number of allylic oxidation sites excluding steroid dienone is 2. The molecule has 0 unspecified atom stereocenters. The summed E-state index contributed by atoms with van der Waals surface area (Å²) >= 11 is 1.36. The van der Waals surface area contributed by atoms with E-state index >= 15 is 0 Å². The molecule has 2 bridgehead atoms. The molecular weight excluding hydrogens is 372 g/mol. The normalized spacial score (nSPS) is 25.3. The topological polar surface area (TPSA) is 79.3 Å². The van der Waals surface area contributed by atoms with E-state index in [4.69, 9.17) is 0 Å². The molecule has 3 aromatic rings. The molecule has 2 aliphatic carbocycles. The Kier molecular flexibility index (Phi) is 4.02. The van der Waals surface area contributed by atoms with E-state index in [1.165, 1.54) is 16.7 Å². The van der Waals surface area contributed by atoms with Crippen molar-refractivity contribution in [3.05, 3.63) is 60.0 Å². The molecule has 1 heterocycles. The van der Waals surface area contributed by atoms with Crippen LogP contribution in [0.5, 0.6) is 0 Å². The average molecular weight is 390 g/mol. The zero-order valence-electron chi connectivity index (χ0n) is 14.9. The van der Waals surface area contributed by atoms with E-state index in [9.17, 15) is 14.7 Å². The molecule has 0 radical (unpaired) electrons. The van der Waals surface area contributed by atoms with Crippen LogP contribution in [0.2, 0.25) is 0 Å². The highest BCUT2D eigenvalue weighted by Crippen LogP contribution is 2.48. The van der Waals surface area contributed by atoms with E-state index in [-0.39, 0.29) is 17.7 Å². The summed E-state index contributed by atoms with van der Waals surface area (Å²) in [4.78, 5) is 29.0. The standard InChI is InChI=1S/C22H18N2O3S/c25-20(18-15-7-8-16(10-15)19(18)21(26)27)24-22-23-17(11-28-22)14-6-5-12-3-1-2-4-13(12)9-14/h1-9,11,15-16,18-19H,10H2,(H,26,27)(H,23,24,25)/t15-,16+,18-,19+/m1/s1. The van der Waals surface area contributed by atoms with Gasteiger partial charge >= 0.3 is 5.97 Å². The SMILES string of the molecule is O=C(O)[C@@H]1[C@H](C(=O)Nc2nc(-c3ccc4ccccc4c3)cs2)[C@@H]2C=C[C@H]1C2. The number of carboxylic acid groups (broad SMARTS) is 1. The molecule has 1 fully saturated rings. The Bertz CT molecular complexity index is 1120. The zero-order valence-corrected chi connectivity index (χ0v) is 15.7. The molecule has 2 aromatic carbocycles. The third kappa shape index (κ3) is 2.81. The van der Waals surface area contributed by atoms with Gasteiger partial charge in [0, 0.05) is 10.9 Å². The van der Waals surface area contributed by atoms with Gasteiger partial charge in [-0.25, -0.2) is 4.98 Å². The molecule has 28 heavy (non-hydrogen) atoms. The lowest BCUT2D eigenvalue weighted by atomic mass is 9.82. The van der Waals surface area contributed by atoms with Crippen LogP contribution < -0.4 is 5.32 Å². The fourth-order valence-corrected chi connectivity index (χ4v) is 5.24. The van der Waals surface area contributed by atoms with Gasteiger partial charge in [-0.2, -0.15) is 0 Å². The number of thiazole rings is 1. The quantitative estimate of drug-likeness (QED) is 0.646. The van der Waals surface area contributed by atoms with Gasteiger partial charge < -0.3 is 10.4 Å². The van der Waals surface area contributed by atoms with Gasteiger partial charge in [-0.05, 0) is 35.1 Å². The Morgan fingerprint density at radius 3 is 2.57 bits per heavy atom. The van der Waals surface area contributed by atoms with Crippen molar-refractivity contribution in [3.8, 4) is 11.3 Å². The molecule has 0 spiro atoms. The molecule has 0 aliphatic heterocycles. The first kappa shape index (κ1) is 17.1. The first-order valence-electron chi connectivity index (χ1n) is 9.27. The van der Waals surface area contributed by atoms with E-state index in [0.717, 1.165) is 23.1 Å². The number of benzene rings is 2. The molecule has 1 saturated carbocycles. The van der Waals surface area contributed by atoms with Crippen molar-refractivity contribution >= 4 is 39.1 Å². The number of hydrogen-bond acceptors (Lipinski definition) is 4. The van der Waals surface area contributed by atoms with Crippen molar-refractivity contribution in [3.63, 3.8) is 0 Å². The monoisotopic (exact) mass is 390 g/mol. The van der Waals surface area contributed by atoms with E-state index < -0.39 is 17.8 Å².